The first-order valence-electron chi connectivity index (χ1n) is 14.5. The largest absolute Gasteiger partial charge is 0.366 e. The van der Waals surface area contributed by atoms with E-state index in [1.54, 1.807) is 6.07 Å². The maximum atomic E-state index is 14.1. The molecule has 42 heavy (non-hydrogen) atoms. The third kappa shape index (κ3) is 4.90. The van der Waals surface area contributed by atoms with Crippen LogP contribution in [0.3, 0.4) is 0 Å². The van der Waals surface area contributed by atoms with Gasteiger partial charge in [0.25, 0.3) is 5.91 Å². The second kappa shape index (κ2) is 10.9. The molecule has 0 radical (unpaired) electrons. The molecule has 1 saturated heterocycles. The van der Waals surface area contributed by atoms with Crippen molar-refractivity contribution in [3.8, 4) is 11.1 Å². The van der Waals surface area contributed by atoms with Crippen molar-refractivity contribution in [1.82, 2.24) is 4.90 Å². The Kier molecular flexibility index (Phi) is 7.05. The van der Waals surface area contributed by atoms with Crippen molar-refractivity contribution >= 4 is 40.7 Å². The van der Waals surface area contributed by atoms with Gasteiger partial charge in [0.1, 0.15) is 0 Å². The number of nitrogens with zero attached hydrogens (tertiary/aromatic N) is 2. The van der Waals surface area contributed by atoms with Crippen molar-refractivity contribution in [3.05, 3.63) is 123 Å². The summed E-state index contributed by atoms with van der Waals surface area (Å²) in [5, 5.41) is 1.14. The normalized spacial score (nSPS) is 21.1. The van der Waals surface area contributed by atoms with E-state index in [0.717, 1.165) is 40.0 Å². The van der Waals surface area contributed by atoms with Crippen molar-refractivity contribution in [1.29, 1.82) is 0 Å². The number of carbonyl (C=O) groups is 2. The summed E-state index contributed by atoms with van der Waals surface area (Å²) in [6.45, 7) is 1.49. The zero-order valence-corrected chi connectivity index (χ0v) is 24.6. The molecule has 2 fully saturated rings. The van der Waals surface area contributed by atoms with E-state index < -0.39 is 5.91 Å². The van der Waals surface area contributed by atoms with E-state index in [9.17, 15) is 9.59 Å². The monoisotopic (exact) mass is 595 g/mol. The fourth-order valence-corrected chi connectivity index (χ4v) is 7.76. The number of piperidine rings is 1. The molecule has 2 bridgehead atoms. The van der Waals surface area contributed by atoms with E-state index in [4.69, 9.17) is 28.9 Å². The molecule has 4 aromatic rings. The molecule has 0 spiro atoms. The Hall–Kier alpha value is -3.64. The molecule has 0 aromatic heterocycles. The quantitative estimate of drug-likeness (QED) is 0.262. The van der Waals surface area contributed by atoms with Gasteiger partial charge < -0.3 is 10.6 Å². The summed E-state index contributed by atoms with van der Waals surface area (Å²) in [7, 11) is 0. The molecular weight excluding hydrogens is 565 g/mol. The Morgan fingerprint density at radius 3 is 2.43 bits per heavy atom. The molecule has 5 nitrogen and oxygen atoms in total. The van der Waals surface area contributed by atoms with Crippen LogP contribution in [0.15, 0.2) is 84.9 Å². The van der Waals surface area contributed by atoms with Crippen LogP contribution < -0.4 is 10.6 Å². The van der Waals surface area contributed by atoms with Crippen molar-refractivity contribution in [2.75, 3.05) is 11.4 Å². The molecular formula is C35H31Cl2N3O2. The van der Waals surface area contributed by atoms with Crippen molar-refractivity contribution in [2.45, 2.75) is 44.3 Å². The number of fused-ring (bicyclic) bond motifs is 6. The lowest BCUT2D eigenvalue weighted by Gasteiger charge is -2.35. The Bertz CT molecular complexity index is 1700. The first-order valence-corrected chi connectivity index (χ1v) is 15.2. The fourth-order valence-electron chi connectivity index (χ4n) is 7.28. The number of hydrogen-bond donors (Lipinski definition) is 1. The van der Waals surface area contributed by atoms with Gasteiger partial charge in [0.15, 0.2) is 0 Å². The summed E-state index contributed by atoms with van der Waals surface area (Å²) < 4.78 is 0. The number of carbonyl (C=O) groups excluding carboxylic acids is 2. The van der Waals surface area contributed by atoms with Crippen LogP contribution in [0.4, 0.5) is 5.69 Å². The van der Waals surface area contributed by atoms with Crippen molar-refractivity contribution in [3.63, 3.8) is 0 Å². The van der Waals surface area contributed by atoms with Gasteiger partial charge in [0.2, 0.25) is 5.91 Å². The summed E-state index contributed by atoms with van der Waals surface area (Å²) in [4.78, 5) is 30.5. The minimum atomic E-state index is -0.445. The maximum Gasteiger partial charge on any atom is 0.259 e. The van der Waals surface area contributed by atoms with Crippen LogP contribution in [-0.2, 0) is 13.0 Å². The number of rotatable bonds is 5. The second-order valence-electron chi connectivity index (χ2n) is 11.8. The zero-order chi connectivity index (χ0) is 29.0. The van der Waals surface area contributed by atoms with E-state index >= 15 is 0 Å². The second-order valence-corrected chi connectivity index (χ2v) is 12.6. The van der Waals surface area contributed by atoms with Crippen LogP contribution in [0.2, 0.25) is 10.0 Å². The van der Waals surface area contributed by atoms with Gasteiger partial charge in [-0.15, -0.1) is 0 Å². The number of hydrogen-bond acceptors (Lipinski definition) is 3. The van der Waals surface area contributed by atoms with Gasteiger partial charge in [-0.05, 0) is 95.8 Å². The highest BCUT2D eigenvalue weighted by molar-refractivity contribution is 6.34. The van der Waals surface area contributed by atoms with E-state index in [1.165, 1.54) is 19.3 Å². The van der Waals surface area contributed by atoms with E-state index in [2.05, 4.69) is 4.90 Å². The summed E-state index contributed by atoms with van der Waals surface area (Å²) in [6.07, 6.45) is 4.36. The lowest BCUT2D eigenvalue weighted by molar-refractivity contribution is 0.0960. The van der Waals surface area contributed by atoms with Gasteiger partial charge in [0.05, 0.1) is 10.6 Å². The minimum absolute atomic E-state index is 0.0720. The van der Waals surface area contributed by atoms with Gasteiger partial charge in [-0.2, -0.15) is 0 Å². The lowest BCUT2D eigenvalue weighted by atomic mass is 9.96. The fraction of sp³-hybridized carbons (Fsp3) is 0.257. The summed E-state index contributed by atoms with van der Waals surface area (Å²) >= 11 is 13.2. The van der Waals surface area contributed by atoms with Crippen LogP contribution >= 0.6 is 23.2 Å². The molecule has 2 unspecified atom stereocenters. The minimum Gasteiger partial charge on any atom is -0.366 e. The molecule has 2 aliphatic heterocycles. The average Bonchev–Trinajstić information content (AvgIpc) is 3.54. The Morgan fingerprint density at radius 1 is 0.857 bits per heavy atom. The molecule has 3 aliphatic rings. The molecule has 7 heteroatoms. The lowest BCUT2D eigenvalue weighted by Crippen LogP contribution is -2.46. The van der Waals surface area contributed by atoms with Gasteiger partial charge >= 0.3 is 0 Å². The SMILES string of the molecule is NC(=O)c1ccccc1-c1ccc(Cc2ccc(C(=O)N3C[C@@H]4C5CCC(C5)N4Cc4cc(Cl)ccc43)c(Cl)c2)cc1. The third-order valence-electron chi connectivity index (χ3n) is 9.31. The third-order valence-corrected chi connectivity index (χ3v) is 9.86. The van der Waals surface area contributed by atoms with E-state index in [-0.39, 0.29) is 5.91 Å². The smallest absolute Gasteiger partial charge is 0.259 e. The van der Waals surface area contributed by atoms with Crippen molar-refractivity contribution < 1.29 is 9.59 Å². The average molecular weight is 597 g/mol. The molecule has 4 aromatic carbocycles. The Balaban J connectivity index is 1.13. The first-order chi connectivity index (χ1) is 20.4. The first kappa shape index (κ1) is 27.2. The predicted octanol–water partition coefficient (Wildman–Crippen LogP) is 7.36. The van der Waals surface area contributed by atoms with Gasteiger partial charge in [0, 0.05) is 41.4 Å². The highest BCUT2D eigenvalue weighted by Crippen LogP contribution is 2.46. The summed E-state index contributed by atoms with van der Waals surface area (Å²) in [5.41, 5.74) is 12.5. The number of anilines is 1. The number of benzene rings is 4. The van der Waals surface area contributed by atoms with Crippen LogP contribution in [0, 0.1) is 5.92 Å². The van der Waals surface area contributed by atoms with Crippen LogP contribution in [0.5, 0.6) is 0 Å². The topological polar surface area (TPSA) is 66.6 Å². The molecule has 7 rings (SSSR count). The van der Waals surface area contributed by atoms with Crippen LogP contribution in [0.25, 0.3) is 11.1 Å². The number of primary amides is 1. The predicted molar refractivity (Wildman–Crippen MR) is 168 cm³/mol. The molecule has 1 saturated carbocycles. The molecule has 2 amide bonds. The van der Waals surface area contributed by atoms with E-state index in [1.807, 2.05) is 83.8 Å². The van der Waals surface area contributed by atoms with E-state index in [0.29, 0.717) is 52.1 Å². The highest BCUT2D eigenvalue weighted by atomic mass is 35.5. The van der Waals surface area contributed by atoms with Crippen molar-refractivity contribution in [2.24, 2.45) is 11.7 Å². The molecule has 2 N–H and O–H groups in total. The van der Waals surface area contributed by atoms with Gasteiger partial charge in [-0.3, -0.25) is 14.5 Å². The zero-order valence-electron chi connectivity index (χ0n) is 23.1. The van der Waals surface area contributed by atoms with Gasteiger partial charge in [-0.1, -0.05) is 71.7 Å². The molecule has 212 valence electrons. The Morgan fingerprint density at radius 2 is 1.64 bits per heavy atom. The Labute approximate surface area is 255 Å². The molecule has 2 heterocycles. The van der Waals surface area contributed by atoms with Crippen LogP contribution in [-0.4, -0.2) is 35.3 Å². The molecule has 3 atom stereocenters. The van der Waals surface area contributed by atoms with Crippen LogP contribution in [0.1, 0.15) is 56.7 Å². The highest BCUT2D eigenvalue weighted by Gasteiger charge is 2.48. The standard InChI is InChI=1S/C35H31Cl2N3O2/c36-26-11-14-32-25(17-26)19-39-27-12-10-24(18-27)33(39)20-40(32)35(42)30-13-7-22(16-31(30)37)15-21-5-8-23(9-6-21)28-3-1-2-4-29(28)34(38)41/h1-9,11,13-14,16-17,24,27,33H,10,12,15,18-20H2,(H2,38,41)/t24?,27?,33-/m1/s1. The van der Waals surface area contributed by atoms with Gasteiger partial charge in [-0.25, -0.2) is 0 Å². The maximum absolute atomic E-state index is 14.1. The number of nitrogens with two attached hydrogens (primary N) is 1. The number of amides is 2. The summed E-state index contributed by atoms with van der Waals surface area (Å²) in [6, 6.07) is 28.0. The molecule has 1 aliphatic carbocycles. The number of halogens is 2. The summed E-state index contributed by atoms with van der Waals surface area (Å²) in [5.74, 6) is 0.111.